The molecule has 0 aliphatic rings. The minimum atomic E-state index is -0.526. The van der Waals surface area contributed by atoms with Crippen molar-refractivity contribution < 1.29 is 8.78 Å². The monoisotopic (exact) mass is 289 g/mol. The van der Waals surface area contributed by atoms with E-state index >= 15 is 0 Å². The van der Waals surface area contributed by atoms with Crippen LogP contribution in [0.25, 0.3) is 0 Å². The summed E-state index contributed by atoms with van der Waals surface area (Å²) in [5.41, 5.74) is 3.09. The highest BCUT2D eigenvalue weighted by atomic mass is 19.1. The van der Waals surface area contributed by atoms with Crippen molar-refractivity contribution in [2.45, 2.75) is 32.7 Å². The van der Waals surface area contributed by atoms with E-state index in [-0.39, 0.29) is 6.04 Å². The molecule has 0 heterocycles. The summed E-state index contributed by atoms with van der Waals surface area (Å²) in [6.07, 6.45) is 1.56. The zero-order valence-corrected chi connectivity index (χ0v) is 12.5. The lowest BCUT2D eigenvalue weighted by atomic mass is 9.97. The van der Waals surface area contributed by atoms with E-state index in [4.69, 9.17) is 0 Å². The first kappa shape index (κ1) is 15.6. The highest BCUT2D eigenvalue weighted by molar-refractivity contribution is 5.28. The minimum Gasteiger partial charge on any atom is -0.310 e. The summed E-state index contributed by atoms with van der Waals surface area (Å²) in [5, 5.41) is 3.38. The zero-order chi connectivity index (χ0) is 15.2. The molecule has 0 saturated heterocycles. The number of aryl methyl sites for hydroxylation is 1. The largest absolute Gasteiger partial charge is 0.310 e. The Morgan fingerprint density at radius 1 is 0.905 bits per heavy atom. The Hall–Kier alpha value is -1.74. The van der Waals surface area contributed by atoms with Crippen molar-refractivity contribution in [1.82, 2.24) is 5.32 Å². The summed E-state index contributed by atoms with van der Waals surface area (Å²) in [5.74, 6) is -1.05. The van der Waals surface area contributed by atoms with Crippen molar-refractivity contribution in [1.29, 1.82) is 0 Å². The molecule has 1 atom stereocenters. The molecule has 0 saturated carbocycles. The van der Waals surface area contributed by atoms with Gasteiger partial charge in [0, 0.05) is 12.1 Å². The van der Waals surface area contributed by atoms with Crippen molar-refractivity contribution in [2.24, 2.45) is 0 Å². The van der Waals surface area contributed by atoms with Crippen LogP contribution in [0.1, 0.15) is 36.6 Å². The normalized spacial score (nSPS) is 12.4. The average molecular weight is 289 g/mol. The van der Waals surface area contributed by atoms with Crippen molar-refractivity contribution in [3.05, 3.63) is 70.8 Å². The van der Waals surface area contributed by atoms with Gasteiger partial charge in [-0.3, -0.25) is 0 Å². The van der Waals surface area contributed by atoms with Gasteiger partial charge >= 0.3 is 0 Å². The number of hydrogen-bond donors (Lipinski definition) is 1. The first-order valence-corrected chi connectivity index (χ1v) is 7.39. The van der Waals surface area contributed by atoms with E-state index in [9.17, 15) is 8.78 Å². The van der Waals surface area contributed by atoms with Gasteiger partial charge in [-0.25, -0.2) is 8.78 Å². The molecular weight excluding hydrogens is 268 g/mol. The summed E-state index contributed by atoms with van der Waals surface area (Å²) in [7, 11) is 0. The predicted octanol–water partition coefficient (Wildman–Crippen LogP) is 4.42. The molecule has 1 unspecified atom stereocenters. The van der Waals surface area contributed by atoms with Crippen LogP contribution >= 0.6 is 0 Å². The van der Waals surface area contributed by atoms with E-state index in [1.165, 1.54) is 17.7 Å². The second-order valence-electron chi connectivity index (χ2n) is 5.19. The third-order valence-electron chi connectivity index (χ3n) is 3.60. The Morgan fingerprint density at radius 2 is 1.52 bits per heavy atom. The number of benzene rings is 2. The van der Waals surface area contributed by atoms with E-state index in [2.05, 4.69) is 36.5 Å². The van der Waals surface area contributed by atoms with Crippen LogP contribution in [0.4, 0.5) is 8.78 Å². The molecule has 0 aliphatic heterocycles. The van der Waals surface area contributed by atoms with Crippen LogP contribution < -0.4 is 5.32 Å². The first-order valence-electron chi connectivity index (χ1n) is 7.39. The highest BCUT2D eigenvalue weighted by Crippen LogP contribution is 2.20. The lowest BCUT2D eigenvalue weighted by molar-refractivity contribution is 0.539. The Morgan fingerprint density at radius 3 is 2.05 bits per heavy atom. The van der Waals surface area contributed by atoms with Crippen LogP contribution in [0, 0.1) is 11.6 Å². The van der Waals surface area contributed by atoms with Crippen molar-refractivity contribution in [3.63, 3.8) is 0 Å². The molecule has 2 aromatic rings. The Labute approximate surface area is 125 Å². The van der Waals surface area contributed by atoms with Crippen molar-refractivity contribution in [2.75, 3.05) is 6.54 Å². The van der Waals surface area contributed by atoms with Crippen molar-refractivity contribution in [3.8, 4) is 0 Å². The van der Waals surface area contributed by atoms with Gasteiger partial charge in [-0.1, -0.05) is 38.1 Å². The summed E-state index contributed by atoms with van der Waals surface area (Å²) in [6, 6.07) is 12.1. The topological polar surface area (TPSA) is 12.0 Å². The molecule has 2 rings (SSSR count). The maximum atomic E-state index is 13.3. The number of nitrogens with one attached hydrogen (secondary N) is 1. The van der Waals surface area contributed by atoms with Crippen molar-refractivity contribution >= 4 is 0 Å². The number of rotatable bonds is 6. The van der Waals surface area contributed by atoms with Gasteiger partial charge in [0.15, 0.2) is 0 Å². The molecule has 21 heavy (non-hydrogen) atoms. The molecule has 0 radical (unpaired) electrons. The fourth-order valence-electron chi connectivity index (χ4n) is 2.50. The van der Waals surface area contributed by atoms with Crippen LogP contribution in [0.15, 0.2) is 42.5 Å². The van der Waals surface area contributed by atoms with Gasteiger partial charge in [-0.15, -0.1) is 0 Å². The van der Waals surface area contributed by atoms with Crippen LogP contribution in [0.5, 0.6) is 0 Å². The maximum absolute atomic E-state index is 13.3. The molecular formula is C18H21F2N. The SMILES string of the molecule is CCNC(Cc1cc(F)cc(F)c1)c1ccc(CC)cc1. The Bertz CT molecular complexity index is 558. The Kier molecular flexibility index (Phi) is 5.45. The zero-order valence-electron chi connectivity index (χ0n) is 12.5. The lowest BCUT2D eigenvalue weighted by Crippen LogP contribution is -2.23. The van der Waals surface area contributed by atoms with Crippen LogP contribution in [0.3, 0.4) is 0 Å². The van der Waals surface area contributed by atoms with Gasteiger partial charge in [-0.2, -0.15) is 0 Å². The average Bonchev–Trinajstić information content (AvgIpc) is 2.46. The number of halogens is 2. The van der Waals surface area contributed by atoms with Gasteiger partial charge in [0.2, 0.25) is 0 Å². The van der Waals surface area contributed by atoms with Crippen LogP contribution in [0.2, 0.25) is 0 Å². The van der Waals surface area contributed by atoms with E-state index in [1.807, 2.05) is 6.92 Å². The van der Waals surface area contributed by atoms with E-state index in [1.54, 1.807) is 0 Å². The lowest BCUT2D eigenvalue weighted by Gasteiger charge is -2.19. The van der Waals surface area contributed by atoms with Gasteiger partial charge in [0.25, 0.3) is 0 Å². The maximum Gasteiger partial charge on any atom is 0.126 e. The second kappa shape index (κ2) is 7.32. The quantitative estimate of drug-likeness (QED) is 0.830. The highest BCUT2D eigenvalue weighted by Gasteiger charge is 2.12. The standard InChI is InChI=1S/C18H21F2N/c1-3-13-5-7-15(8-6-13)18(21-4-2)11-14-9-16(19)12-17(20)10-14/h5-10,12,18,21H,3-4,11H2,1-2H3. The summed E-state index contributed by atoms with van der Waals surface area (Å²) in [6.45, 7) is 4.95. The molecule has 0 spiro atoms. The molecule has 0 aromatic heterocycles. The molecule has 0 aliphatic carbocycles. The summed E-state index contributed by atoms with van der Waals surface area (Å²) < 4.78 is 26.6. The molecule has 2 aromatic carbocycles. The molecule has 1 nitrogen and oxygen atoms in total. The van der Waals surface area contributed by atoms with Gasteiger partial charge in [0.1, 0.15) is 11.6 Å². The van der Waals surface area contributed by atoms with Crippen LogP contribution in [-0.4, -0.2) is 6.54 Å². The smallest absolute Gasteiger partial charge is 0.126 e. The molecule has 3 heteroatoms. The fraction of sp³-hybridized carbons (Fsp3) is 0.333. The number of likely N-dealkylation sites (N-methyl/N-ethyl adjacent to an activating group) is 1. The van der Waals surface area contributed by atoms with Gasteiger partial charge in [0.05, 0.1) is 0 Å². The van der Waals surface area contributed by atoms with Crippen LogP contribution in [-0.2, 0) is 12.8 Å². The predicted molar refractivity (Wildman–Crippen MR) is 82.3 cm³/mol. The molecule has 112 valence electrons. The first-order chi connectivity index (χ1) is 10.1. The molecule has 0 bridgehead atoms. The third-order valence-corrected chi connectivity index (χ3v) is 3.60. The summed E-state index contributed by atoms with van der Waals surface area (Å²) in [4.78, 5) is 0. The third kappa shape index (κ3) is 4.36. The minimum absolute atomic E-state index is 0.0575. The number of hydrogen-bond acceptors (Lipinski definition) is 1. The molecule has 0 fully saturated rings. The second-order valence-corrected chi connectivity index (χ2v) is 5.19. The van der Waals surface area contributed by atoms with Gasteiger partial charge in [-0.05, 0) is 48.2 Å². The molecule has 0 amide bonds. The summed E-state index contributed by atoms with van der Waals surface area (Å²) >= 11 is 0. The Balaban J connectivity index is 2.21. The molecule has 1 N–H and O–H groups in total. The van der Waals surface area contributed by atoms with E-state index in [0.29, 0.717) is 12.0 Å². The van der Waals surface area contributed by atoms with E-state index < -0.39 is 11.6 Å². The van der Waals surface area contributed by atoms with Gasteiger partial charge < -0.3 is 5.32 Å². The van der Waals surface area contributed by atoms with E-state index in [0.717, 1.165) is 24.6 Å². The fourth-order valence-corrected chi connectivity index (χ4v) is 2.50.